The normalized spacial score (nSPS) is 10.2. The molecule has 1 N–H and O–H groups in total. The third kappa shape index (κ3) is 6.31. The molecule has 0 radical (unpaired) electrons. The lowest BCUT2D eigenvalue weighted by Crippen LogP contribution is -2.32. The molecule has 0 saturated heterocycles. The molecule has 0 aliphatic carbocycles. The first kappa shape index (κ1) is 17.6. The van der Waals surface area contributed by atoms with Crippen molar-refractivity contribution >= 4 is 12.1 Å². The van der Waals surface area contributed by atoms with Crippen LogP contribution in [0.3, 0.4) is 0 Å². The van der Waals surface area contributed by atoms with Gasteiger partial charge < -0.3 is 14.8 Å². The number of methoxy groups -OCH3 is 1. The molecular formula is C17H21NO4. The molecule has 22 heavy (non-hydrogen) atoms. The summed E-state index contributed by atoms with van der Waals surface area (Å²) in [6.45, 7) is 5.78. The quantitative estimate of drug-likeness (QED) is 0.530. The first-order valence-corrected chi connectivity index (χ1v) is 6.96. The van der Waals surface area contributed by atoms with Gasteiger partial charge in [-0.05, 0) is 32.9 Å². The van der Waals surface area contributed by atoms with Crippen molar-refractivity contribution in [1.29, 1.82) is 0 Å². The summed E-state index contributed by atoms with van der Waals surface area (Å²) in [6, 6.07) is 6.96. The van der Waals surface area contributed by atoms with E-state index < -0.39 is 17.7 Å². The van der Waals surface area contributed by atoms with Crippen LogP contribution < -0.4 is 5.32 Å². The van der Waals surface area contributed by atoms with Crippen LogP contribution in [0.4, 0.5) is 4.79 Å². The summed E-state index contributed by atoms with van der Waals surface area (Å²) in [6.07, 6.45) is -0.0152. The maximum atomic E-state index is 11.6. The van der Waals surface area contributed by atoms with Gasteiger partial charge in [-0.3, -0.25) is 0 Å². The molecule has 1 rings (SSSR count). The standard InChI is InChI=1S/C17H21NO4/c1-17(2,3)22-16(20)18-12-8-7-10-13-9-5-6-11-14(13)15(19)21-4/h5-6,9,11H,8,12H2,1-4H3,(H,18,20). The molecule has 0 bridgehead atoms. The fraction of sp³-hybridized carbons (Fsp3) is 0.412. The second kappa shape index (κ2) is 8.08. The summed E-state index contributed by atoms with van der Waals surface area (Å²) in [4.78, 5) is 23.0. The average Bonchev–Trinajstić information content (AvgIpc) is 2.44. The summed E-state index contributed by atoms with van der Waals surface area (Å²) in [5.41, 5.74) is 0.513. The number of amides is 1. The molecule has 1 aromatic carbocycles. The number of esters is 1. The van der Waals surface area contributed by atoms with Crippen LogP contribution in [0.1, 0.15) is 43.1 Å². The molecule has 0 unspecified atom stereocenters. The fourth-order valence-electron chi connectivity index (χ4n) is 1.58. The molecule has 0 aliphatic rings. The molecule has 5 nitrogen and oxygen atoms in total. The van der Waals surface area contributed by atoms with Gasteiger partial charge in [0.2, 0.25) is 0 Å². The SMILES string of the molecule is COC(=O)c1ccccc1C#CCCNC(=O)OC(C)(C)C. The van der Waals surface area contributed by atoms with E-state index >= 15 is 0 Å². The second-order valence-corrected chi connectivity index (χ2v) is 5.52. The number of alkyl carbamates (subject to hydrolysis) is 1. The van der Waals surface area contributed by atoms with Crippen LogP contribution in [-0.4, -0.2) is 31.3 Å². The van der Waals surface area contributed by atoms with E-state index in [9.17, 15) is 9.59 Å². The highest BCUT2D eigenvalue weighted by Gasteiger charge is 2.15. The van der Waals surface area contributed by atoms with E-state index in [-0.39, 0.29) is 0 Å². The zero-order valence-corrected chi connectivity index (χ0v) is 13.4. The molecule has 0 spiro atoms. The van der Waals surface area contributed by atoms with E-state index in [0.717, 1.165) is 0 Å². The number of hydrogen-bond donors (Lipinski definition) is 1. The van der Waals surface area contributed by atoms with Gasteiger partial charge in [-0.2, -0.15) is 0 Å². The Hall–Kier alpha value is -2.48. The third-order valence-electron chi connectivity index (χ3n) is 2.47. The van der Waals surface area contributed by atoms with Crippen LogP contribution in [0.25, 0.3) is 0 Å². The van der Waals surface area contributed by atoms with Crippen molar-refractivity contribution in [1.82, 2.24) is 5.32 Å². The largest absolute Gasteiger partial charge is 0.465 e. The monoisotopic (exact) mass is 303 g/mol. The molecule has 0 aliphatic heterocycles. The first-order chi connectivity index (χ1) is 10.3. The molecule has 118 valence electrons. The molecule has 0 aromatic heterocycles. The van der Waals surface area contributed by atoms with Gasteiger partial charge in [0.1, 0.15) is 5.60 Å². The Kier molecular flexibility index (Phi) is 6.46. The van der Waals surface area contributed by atoms with Crippen LogP contribution >= 0.6 is 0 Å². The number of carbonyl (C=O) groups excluding carboxylic acids is 2. The Balaban J connectivity index is 2.52. The van der Waals surface area contributed by atoms with Gasteiger partial charge in [0.25, 0.3) is 0 Å². The van der Waals surface area contributed by atoms with Gasteiger partial charge in [-0.15, -0.1) is 0 Å². The van der Waals surface area contributed by atoms with Gasteiger partial charge in [0.05, 0.1) is 12.7 Å². The Morgan fingerprint density at radius 3 is 2.55 bits per heavy atom. The molecule has 5 heteroatoms. The van der Waals surface area contributed by atoms with Gasteiger partial charge in [-0.1, -0.05) is 24.0 Å². The highest BCUT2D eigenvalue weighted by atomic mass is 16.6. The molecule has 0 heterocycles. The summed E-state index contributed by atoms with van der Waals surface area (Å²) in [5, 5.41) is 2.62. The van der Waals surface area contributed by atoms with Crippen molar-refractivity contribution in [2.45, 2.75) is 32.8 Å². The highest BCUT2D eigenvalue weighted by Crippen LogP contribution is 2.08. The second-order valence-electron chi connectivity index (χ2n) is 5.52. The van der Waals surface area contributed by atoms with Crippen LogP contribution in [0.2, 0.25) is 0 Å². The number of rotatable bonds is 3. The maximum Gasteiger partial charge on any atom is 0.407 e. The smallest absolute Gasteiger partial charge is 0.407 e. The Morgan fingerprint density at radius 2 is 1.91 bits per heavy atom. The predicted octanol–water partition coefficient (Wildman–Crippen LogP) is 2.74. The van der Waals surface area contributed by atoms with E-state index in [1.165, 1.54) is 7.11 Å². The zero-order chi connectivity index (χ0) is 16.6. The molecule has 0 fully saturated rings. The van der Waals surface area contributed by atoms with Crippen molar-refractivity contribution in [2.75, 3.05) is 13.7 Å². The number of hydrogen-bond acceptors (Lipinski definition) is 4. The van der Waals surface area contributed by atoms with Crippen LogP contribution in [0, 0.1) is 11.8 Å². The van der Waals surface area contributed by atoms with Crippen LogP contribution in [0.5, 0.6) is 0 Å². The van der Waals surface area contributed by atoms with Gasteiger partial charge in [0, 0.05) is 18.5 Å². The van der Waals surface area contributed by atoms with Crippen LogP contribution in [-0.2, 0) is 9.47 Å². The molecular weight excluding hydrogens is 282 g/mol. The van der Waals surface area contributed by atoms with Gasteiger partial charge >= 0.3 is 12.1 Å². The average molecular weight is 303 g/mol. The summed E-state index contributed by atoms with van der Waals surface area (Å²) < 4.78 is 9.81. The first-order valence-electron chi connectivity index (χ1n) is 6.96. The van der Waals surface area contributed by atoms with Crippen molar-refractivity contribution in [3.8, 4) is 11.8 Å². The number of nitrogens with one attached hydrogen (secondary N) is 1. The number of benzene rings is 1. The Labute approximate surface area is 131 Å². The fourth-order valence-corrected chi connectivity index (χ4v) is 1.58. The van der Waals surface area contributed by atoms with E-state index in [2.05, 4.69) is 17.2 Å². The van der Waals surface area contributed by atoms with E-state index in [1.54, 1.807) is 45.0 Å². The van der Waals surface area contributed by atoms with Gasteiger partial charge in [0.15, 0.2) is 0 Å². The van der Waals surface area contributed by atoms with Crippen LogP contribution in [0.15, 0.2) is 24.3 Å². The Morgan fingerprint density at radius 1 is 1.23 bits per heavy atom. The third-order valence-corrected chi connectivity index (χ3v) is 2.47. The molecule has 0 atom stereocenters. The summed E-state index contributed by atoms with van der Waals surface area (Å²) >= 11 is 0. The number of carbonyl (C=O) groups is 2. The molecule has 1 aromatic rings. The van der Waals surface area contributed by atoms with Crippen molar-refractivity contribution in [3.63, 3.8) is 0 Å². The minimum absolute atomic E-state index is 0.377. The van der Waals surface area contributed by atoms with E-state index in [1.807, 2.05) is 0 Å². The van der Waals surface area contributed by atoms with Crippen molar-refractivity contribution < 1.29 is 19.1 Å². The Bertz CT molecular complexity index is 591. The summed E-state index contributed by atoms with van der Waals surface area (Å²) in [7, 11) is 1.33. The maximum absolute atomic E-state index is 11.6. The molecule has 0 saturated carbocycles. The molecule has 1 amide bonds. The predicted molar refractivity (Wildman–Crippen MR) is 83.5 cm³/mol. The van der Waals surface area contributed by atoms with Crippen molar-refractivity contribution in [2.24, 2.45) is 0 Å². The summed E-state index contributed by atoms with van der Waals surface area (Å²) in [5.74, 6) is 5.40. The lowest BCUT2D eigenvalue weighted by atomic mass is 10.1. The number of ether oxygens (including phenoxy) is 2. The van der Waals surface area contributed by atoms with Crippen molar-refractivity contribution in [3.05, 3.63) is 35.4 Å². The highest BCUT2D eigenvalue weighted by molar-refractivity contribution is 5.92. The lowest BCUT2D eigenvalue weighted by molar-refractivity contribution is 0.0527. The van der Waals surface area contributed by atoms with E-state index in [0.29, 0.717) is 24.1 Å². The minimum Gasteiger partial charge on any atom is -0.465 e. The topological polar surface area (TPSA) is 64.6 Å². The lowest BCUT2D eigenvalue weighted by Gasteiger charge is -2.19. The zero-order valence-electron chi connectivity index (χ0n) is 13.4. The van der Waals surface area contributed by atoms with Gasteiger partial charge in [-0.25, -0.2) is 9.59 Å². The minimum atomic E-state index is -0.519. The van der Waals surface area contributed by atoms with E-state index in [4.69, 9.17) is 9.47 Å².